The molecule has 0 aromatic carbocycles. The van der Waals surface area contributed by atoms with Crippen molar-refractivity contribution < 1.29 is 57.6 Å². The molecular formula is C6H10Ba3N2O12P2. The van der Waals surface area contributed by atoms with Gasteiger partial charge in [0, 0.05) is 0 Å². The minimum absolute atomic E-state index is 0. The van der Waals surface area contributed by atoms with E-state index in [9.17, 15) is 48.5 Å². The Morgan fingerprint density at radius 1 is 0.760 bits per heavy atom. The van der Waals surface area contributed by atoms with Crippen LogP contribution in [0.3, 0.4) is 0 Å². The van der Waals surface area contributed by atoms with E-state index in [0.29, 0.717) is 0 Å². The molecule has 25 heavy (non-hydrogen) atoms. The van der Waals surface area contributed by atoms with Crippen LogP contribution in [-0.4, -0.2) is 184 Å². The van der Waals surface area contributed by atoms with E-state index in [-0.39, 0.29) is 147 Å². The molecule has 0 spiro atoms. The van der Waals surface area contributed by atoms with Gasteiger partial charge in [0.1, 0.15) is 0 Å². The van der Waals surface area contributed by atoms with Gasteiger partial charge in [-0.05, 0) is 0 Å². The Morgan fingerprint density at radius 2 is 0.960 bits per heavy atom. The summed E-state index contributed by atoms with van der Waals surface area (Å²) in [6.07, 6.45) is 0. The number of hydrogen-bond donors (Lipinski definition) is 2. The Labute approximate surface area is 262 Å². The van der Waals surface area contributed by atoms with Crippen LogP contribution >= 0.6 is 15.6 Å². The third-order valence-corrected chi connectivity index (χ3v) is 2.36. The molecule has 0 aromatic rings. The molecule has 14 nitrogen and oxygen atoms in total. The molecule has 0 saturated carbocycles. The van der Waals surface area contributed by atoms with Crippen LogP contribution in [0.15, 0.2) is 0 Å². The van der Waals surface area contributed by atoms with Gasteiger partial charge in [-0.15, -0.1) is 0 Å². The van der Waals surface area contributed by atoms with E-state index in [1.807, 2.05) is 0 Å². The molecule has 4 N–H and O–H groups in total. The van der Waals surface area contributed by atoms with E-state index in [1.54, 1.807) is 0 Å². The van der Waals surface area contributed by atoms with Crippen molar-refractivity contribution in [2.75, 3.05) is 13.2 Å². The van der Waals surface area contributed by atoms with Crippen molar-refractivity contribution in [1.29, 1.82) is 0 Å². The number of rotatable bonds is 8. The van der Waals surface area contributed by atoms with Gasteiger partial charge in [-0.2, -0.15) is 0 Å². The van der Waals surface area contributed by atoms with Crippen molar-refractivity contribution in [3.63, 3.8) is 0 Å². The smallest absolute Gasteiger partial charge is 0.790 e. The number of carbonyl (C=O) groups is 2. The minimum Gasteiger partial charge on any atom is -0.790 e. The maximum absolute atomic E-state index is 9.81. The van der Waals surface area contributed by atoms with Gasteiger partial charge in [-0.25, -0.2) is 0 Å². The van der Waals surface area contributed by atoms with Crippen molar-refractivity contribution >= 4 is 174 Å². The van der Waals surface area contributed by atoms with E-state index in [0.717, 1.165) is 0 Å². The molecule has 0 saturated heterocycles. The van der Waals surface area contributed by atoms with Crippen LogP contribution in [0.4, 0.5) is 0 Å². The Kier molecular flexibility index (Phi) is 31.0. The molecule has 0 bridgehead atoms. The van der Waals surface area contributed by atoms with Crippen molar-refractivity contribution in [1.82, 2.24) is 0 Å². The summed E-state index contributed by atoms with van der Waals surface area (Å²) in [5.74, 6) is -3.36. The quantitative estimate of drug-likeness (QED) is 0.171. The zero-order valence-electron chi connectivity index (χ0n) is 12.6. The first-order valence-electron chi connectivity index (χ1n) is 4.91. The molecule has 0 rings (SSSR count). The maximum atomic E-state index is 9.81. The number of nitrogens with two attached hydrogens (primary N) is 2. The van der Waals surface area contributed by atoms with Crippen molar-refractivity contribution in [3.8, 4) is 0 Å². The molecule has 0 aliphatic heterocycles. The van der Waals surface area contributed by atoms with E-state index >= 15 is 0 Å². The summed E-state index contributed by atoms with van der Waals surface area (Å²) < 4.78 is 26.6. The van der Waals surface area contributed by atoms with Crippen LogP contribution in [0.1, 0.15) is 0 Å². The molecule has 0 heterocycles. The van der Waals surface area contributed by atoms with Gasteiger partial charge in [0.15, 0.2) is 0 Å². The minimum atomic E-state index is -5.13. The zero-order valence-corrected chi connectivity index (χ0v) is 27.7. The van der Waals surface area contributed by atoms with E-state index < -0.39 is 52.9 Å². The van der Waals surface area contributed by atoms with Crippen molar-refractivity contribution in [3.05, 3.63) is 0 Å². The predicted molar refractivity (Wildman–Crippen MR) is 70.3 cm³/mol. The first-order valence-corrected chi connectivity index (χ1v) is 7.84. The number of carboxylic acid groups (broad SMARTS) is 2. The summed E-state index contributed by atoms with van der Waals surface area (Å²) in [6.45, 7) is -1.79. The van der Waals surface area contributed by atoms with E-state index in [1.165, 1.54) is 0 Å². The third-order valence-electron chi connectivity index (χ3n) is 1.43. The summed E-state index contributed by atoms with van der Waals surface area (Å²) in [6, 6.07) is -3.21. The summed E-state index contributed by atoms with van der Waals surface area (Å²) in [4.78, 5) is 58.6. The molecule has 0 radical (unpaired) electrons. The molecule has 0 aliphatic carbocycles. The van der Waals surface area contributed by atoms with Crippen LogP contribution in [0.2, 0.25) is 0 Å². The fraction of sp³-hybridized carbons (Fsp3) is 0.667. The number of carbonyl (C=O) groups excluding carboxylic acids is 2. The fourth-order valence-corrected chi connectivity index (χ4v) is 1.17. The average Bonchev–Trinajstić information content (AvgIpc) is 2.31. The average molecular weight is 776 g/mol. The second kappa shape index (κ2) is 19.7. The largest absolute Gasteiger partial charge is 2.00 e. The molecule has 132 valence electrons. The second-order valence-electron chi connectivity index (χ2n) is 3.34. The van der Waals surface area contributed by atoms with Crippen LogP contribution < -0.4 is 41.3 Å². The maximum Gasteiger partial charge on any atom is 2.00 e. The predicted octanol–water partition coefficient (Wildman–Crippen LogP) is -9.32. The zero-order chi connectivity index (χ0) is 18.1. The van der Waals surface area contributed by atoms with E-state index in [4.69, 9.17) is 11.5 Å². The summed E-state index contributed by atoms with van der Waals surface area (Å²) in [5, 5.41) is 19.6. The van der Waals surface area contributed by atoms with Gasteiger partial charge in [0.25, 0.3) is 0 Å². The first-order chi connectivity index (χ1) is 9.65. The molecule has 2 atom stereocenters. The van der Waals surface area contributed by atoms with Gasteiger partial charge in [0.05, 0.1) is 52.9 Å². The summed E-state index contributed by atoms with van der Waals surface area (Å²) in [7, 11) is -10.3. The van der Waals surface area contributed by atoms with Crippen LogP contribution in [0, 0.1) is 0 Å². The van der Waals surface area contributed by atoms with E-state index in [2.05, 4.69) is 9.05 Å². The van der Waals surface area contributed by atoms with Gasteiger partial charge < -0.3 is 69.0 Å². The SMILES string of the molecule is N[C@@H](COP(=O)([O-])[O-])C(=O)[O-].N[C@@H](COP(=O)([O-])[O-])C(=O)[O-].[Ba+2].[Ba+2].[Ba+2]. The fourth-order valence-electron chi connectivity index (χ4n) is 0.479. The molecule has 0 amide bonds. The third kappa shape index (κ3) is 32.7. The first kappa shape index (κ1) is 39.3. The molecule has 0 fully saturated rings. The molecule has 19 heteroatoms. The Balaban J connectivity index is -0.0000000952. The monoisotopic (exact) mass is 778 g/mol. The van der Waals surface area contributed by atoms with Crippen LogP contribution in [0.25, 0.3) is 0 Å². The molecule has 0 aliphatic rings. The Bertz CT molecular complexity index is 428. The number of hydrogen-bond acceptors (Lipinski definition) is 14. The summed E-state index contributed by atoms with van der Waals surface area (Å²) in [5.41, 5.74) is 9.48. The molecule has 0 unspecified atom stereocenters. The molecular weight excluding hydrogens is 766 g/mol. The Hall–Kier alpha value is 3.79. The van der Waals surface area contributed by atoms with Gasteiger partial charge in [-0.1, -0.05) is 0 Å². The number of phosphoric acid groups is 2. The standard InChI is InChI=1S/2C3H8NO6P.3Ba/c2*4-2(3(5)6)1-10-11(7,8)9;;;/h2*2H,1,4H2,(H,5,6)(H2,7,8,9);;;/q;;3*+2/p-6/t2*2-;;;/m00.../s1. The van der Waals surface area contributed by atoms with Gasteiger partial charge in [-0.3, -0.25) is 0 Å². The Morgan fingerprint density at radius 3 is 1.08 bits per heavy atom. The number of phosphoric ester groups is 2. The normalized spacial score (nSPS) is 12.7. The summed E-state index contributed by atoms with van der Waals surface area (Å²) >= 11 is 0. The number of aliphatic carboxylic acids is 2. The van der Waals surface area contributed by atoms with Crippen molar-refractivity contribution in [2.24, 2.45) is 11.5 Å². The van der Waals surface area contributed by atoms with Crippen LogP contribution in [0.5, 0.6) is 0 Å². The molecule has 0 aromatic heterocycles. The second-order valence-corrected chi connectivity index (χ2v) is 5.64. The van der Waals surface area contributed by atoms with Gasteiger partial charge >= 0.3 is 147 Å². The van der Waals surface area contributed by atoms with Crippen LogP contribution in [-0.2, 0) is 27.8 Å². The topological polar surface area (TPSA) is 277 Å². The van der Waals surface area contributed by atoms with Crippen molar-refractivity contribution in [2.45, 2.75) is 12.1 Å². The number of carboxylic acids is 2. The van der Waals surface area contributed by atoms with Gasteiger partial charge in [0.2, 0.25) is 0 Å².